The predicted octanol–water partition coefficient (Wildman–Crippen LogP) is 5.92. The van der Waals surface area contributed by atoms with Gasteiger partial charge in [0.15, 0.2) is 0 Å². The number of fused-ring (bicyclic) bond motifs is 4. The summed E-state index contributed by atoms with van der Waals surface area (Å²) in [5.41, 5.74) is 11.4. The molecule has 0 spiro atoms. The number of rotatable bonds is 4. The molecule has 1 aromatic rings. The van der Waals surface area contributed by atoms with Gasteiger partial charge in [0, 0.05) is 11.3 Å². The third kappa shape index (κ3) is 3.75. The molecule has 6 rings (SSSR count). The lowest BCUT2D eigenvalue weighted by molar-refractivity contribution is -0.209. The average Bonchev–Trinajstić information content (AvgIpc) is 3.72. The van der Waals surface area contributed by atoms with Gasteiger partial charge in [-0.3, -0.25) is 0 Å². The molecule has 1 aromatic carbocycles. The molecule has 0 radical (unpaired) electrons. The Morgan fingerprint density at radius 1 is 1.16 bits per heavy atom. The van der Waals surface area contributed by atoms with Crippen molar-refractivity contribution in [2.75, 3.05) is 0 Å². The molecule has 5 nitrogen and oxygen atoms in total. The summed E-state index contributed by atoms with van der Waals surface area (Å²) >= 11 is 0. The Hall–Kier alpha value is -2.98. The van der Waals surface area contributed by atoms with Gasteiger partial charge in [-0.05, 0) is 110 Å². The molecule has 0 heterocycles. The van der Waals surface area contributed by atoms with E-state index in [4.69, 9.17) is 12.2 Å². The summed E-state index contributed by atoms with van der Waals surface area (Å²) in [6, 6.07) is 8.04. The molecule has 5 aliphatic rings. The van der Waals surface area contributed by atoms with Crippen molar-refractivity contribution in [1.29, 1.82) is 0 Å². The Morgan fingerprint density at radius 2 is 1.87 bits per heavy atom. The van der Waals surface area contributed by atoms with E-state index in [2.05, 4.69) is 40.9 Å². The number of hydrogen-bond acceptors (Lipinski definition) is 3. The van der Waals surface area contributed by atoms with E-state index < -0.39 is 23.0 Å². The number of alkyl halides is 2. The number of hydrazone groups is 1. The number of allylic oxidation sites excluding steroid dienone is 4. The molecular weight excluding hydrogens is 484 g/mol. The number of benzene rings is 1. The van der Waals surface area contributed by atoms with E-state index in [9.17, 15) is 9.90 Å². The number of carbonyl (C=O) groups excluding carboxylic acids is 1. The molecule has 3 fully saturated rings. The predicted molar refractivity (Wildman–Crippen MR) is 143 cm³/mol. The highest BCUT2D eigenvalue weighted by molar-refractivity contribution is 5.98. The minimum atomic E-state index is -3.59. The highest BCUT2D eigenvalue weighted by atomic mass is 19.3. The second-order valence-electron chi connectivity index (χ2n) is 12.2. The maximum absolute atomic E-state index is 15.2. The van der Waals surface area contributed by atoms with Crippen LogP contribution in [0.1, 0.15) is 87.7 Å². The van der Waals surface area contributed by atoms with Crippen LogP contribution in [0.2, 0.25) is 0 Å². The van der Waals surface area contributed by atoms with Crippen molar-refractivity contribution in [2.24, 2.45) is 28.1 Å². The molecule has 5 aliphatic carbocycles. The number of aliphatic hydroxyl groups is 1. The number of nitrogens with one attached hydrogen (secondary N) is 1. The normalized spacial score (nSPS) is 35.6. The zero-order valence-corrected chi connectivity index (χ0v) is 21.8. The minimum Gasteiger partial charge on any atom is -0.382 e. The molecule has 0 bridgehead atoms. The zero-order valence-electron chi connectivity index (χ0n) is 21.8. The summed E-state index contributed by atoms with van der Waals surface area (Å²) < 4.78 is 30.5. The first-order valence-corrected chi connectivity index (χ1v) is 13.8. The van der Waals surface area contributed by atoms with Gasteiger partial charge in [-0.2, -0.15) is 13.9 Å². The maximum Gasteiger partial charge on any atom is 0.336 e. The van der Waals surface area contributed by atoms with E-state index in [1.807, 2.05) is 6.92 Å². The van der Waals surface area contributed by atoms with E-state index in [0.29, 0.717) is 25.2 Å². The number of nitrogens with two attached hydrogens (primary N) is 1. The zero-order chi connectivity index (χ0) is 26.9. The standard InChI is InChI=1S/C31H35F2N3O2/c1-3-31(32,33)30(38)15-14-26-24-12-10-21-16-22(35-36-28(34)37)11-13-23(21)27(24)25(17-29(26,30)2)20-8-6-19(7-9-20)18-4-5-18/h1,6-9,16,18,24-26,38H,4-5,10-15,17H2,2H3,(H3,34,36,37)/b35-22+/t24-,25-,26-,29-,30-/m0/s1. The molecule has 0 unspecified atom stereocenters. The van der Waals surface area contributed by atoms with Crippen LogP contribution in [0.25, 0.3) is 0 Å². The van der Waals surface area contributed by atoms with E-state index >= 15 is 8.78 Å². The van der Waals surface area contributed by atoms with Crippen LogP contribution in [0.3, 0.4) is 0 Å². The van der Waals surface area contributed by atoms with E-state index in [-0.39, 0.29) is 24.2 Å². The fraction of sp³-hybridized carbons (Fsp3) is 0.548. The summed E-state index contributed by atoms with van der Waals surface area (Å²) in [5.74, 6) is -1.34. The van der Waals surface area contributed by atoms with Crippen molar-refractivity contribution in [3.8, 4) is 12.3 Å². The Bertz CT molecular complexity index is 1300. The number of primary amides is 1. The number of nitrogens with zero attached hydrogens (tertiary/aromatic N) is 1. The topological polar surface area (TPSA) is 87.7 Å². The lowest BCUT2D eigenvalue weighted by Gasteiger charge is -2.55. The fourth-order valence-corrected chi connectivity index (χ4v) is 8.24. The summed E-state index contributed by atoms with van der Waals surface area (Å²) in [4.78, 5) is 11.2. The lowest BCUT2D eigenvalue weighted by atomic mass is 9.50. The van der Waals surface area contributed by atoms with Crippen molar-refractivity contribution in [3.05, 3.63) is 58.2 Å². The first-order chi connectivity index (χ1) is 18.1. The molecule has 3 saturated carbocycles. The summed E-state index contributed by atoms with van der Waals surface area (Å²) in [6.45, 7) is 1.86. The smallest absolute Gasteiger partial charge is 0.336 e. The van der Waals surface area contributed by atoms with Crippen LogP contribution < -0.4 is 11.2 Å². The van der Waals surface area contributed by atoms with Gasteiger partial charge in [0.2, 0.25) is 0 Å². The van der Waals surface area contributed by atoms with Gasteiger partial charge in [-0.1, -0.05) is 36.8 Å². The van der Waals surface area contributed by atoms with Gasteiger partial charge < -0.3 is 10.8 Å². The van der Waals surface area contributed by atoms with Crippen LogP contribution in [-0.4, -0.2) is 28.4 Å². The quantitative estimate of drug-likeness (QED) is 0.341. The van der Waals surface area contributed by atoms with Crippen molar-refractivity contribution in [2.45, 2.75) is 88.1 Å². The third-order valence-corrected chi connectivity index (χ3v) is 10.3. The highest BCUT2D eigenvalue weighted by Crippen LogP contribution is 2.69. The molecule has 7 heteroatoms. The molecule has 200 valence electrons. The maximum atomic E-state index is 15.2. The second kappa shape index (κ2) is 8.77. The Balaban J connectivity index is 1.46. The van der Waals surface area contributed by atoms with Gasteiger partial charge in [0.1, 0.15) is 5.60 Å². The molecule has 5 atom stereocenters. The SMILES string of the molecule is C#CC(F)(F)[C@]1(O)CC[C@H]2[C@@H]3CCC4=C/C(=N/NC(N)=O)CCC4=C3[C@H](c3ccc(C4CC4)cc3)C[C@@]21C. The van der Waals surface area contributed by atoms with Crippen LogP contribution in [0.4, 0.5) is 13.6 Å². The van der Waals surface area contributed by atoms with Gasteiger partial charge in [0.25, 0.3) is 0 Å². The number of amides is 2. The molecule has 2 amide bonds. The largest absolute Gasteiger partial charge is 0.382 e. The van der Waals surface area contributed by atoms with Crippen LogP contribution in [-0.2, 0) is 0 Å². The van der Waals surface area contributed by atoms with Crippen LogP contribution in [0.5, 0.6) is 0 Å². The van der Waals surface area contributed by atoms with E-state index in [0.717, 1.165) is 30.5 Å². The van der Waals surface area contributed by atoms with Crippen molar-refractivity contribution < 1.29 is 18.7 Å². The summed E-state index contributed by atoms with van der Waals surface area (Å²) in [7, 11) is 0. The number of hydrogen-bond donors (Lipinski definition) is 3. The second-order valence-corrected chi connectivity index (χ2v) is 12.2. The Kier molecular flexibility index (Phi) is 5.84. The third-order valence-electron chi connectivity index (χ3n) is 10.3. The molecule has 38 heavy (non-hydrogen) atoms. The van der Waals surface area contributed by atoms with E-state index in [1.54, 1.807) is 5.92 Å². The van der Waals surface area contributed by atoms with Crippen LogP contribution >= 0.6 is 0 Å². The highest BCUT2D eigenvalue weighted by Gasteiger charge is 2.71. The number of carbonyl (C=O) groups is 1. The van der Waals surface area contributed by atoms with E-state index in [1.165, 1.54) is 35.1 Å². The van der Waals surface area contributed by atoms with Crippen molar-refractivity contribution >= 4 is 11.7 Å². The number of halogens is 2. The summed E-state index contributed by atoms with van der Waals surface area (Å²) in [5, 5.41) is 15.8. The number of terminal acetylenes is 1. The van der Waals surface area contributed by atoms with Crippen molar-refractivity contribution in [1.82, 2.24) is 5.43 Å². The lowest BCUT2D eigenvalue weighted by Crippen LogP contribution is -2.60. The first kappa shape index (κ1) is 25.3. The average molecular weight is 520 g/mol. The molecule has 0 saturated heterocycles. The molecule has 4 N–H and O–H groups in total. The van der Waals surface area contributed by atoms with Gasteiger partial charge in [-0.15, -0.1) is 6.42 Å². The number of urea groups is 1. The monoisotopic (exact) mass is 519 g/mol. The van der Waals surface area contributed by atoms with Gasteiger partial charge >= 0.3 is 12.0 Å². The fourth-order valence-electron chi connectivity index (χ4n) is 8.24. The summed E-state index contributed by atoms with van der Waals surface area (Å²) in [6.07, 6.45) is 13.9. The Morgan fingerprint density at radius 3 is 2.53 bits per heavy atom. The van der Waals surface area contributed by atoms with Gasteiger partial charge in [-0.25, -0.2) is 10.2 Å². The molecular formula is C31H35F2N3O2. The molecule has 0 aromatic heterocycles. The first-order valence-electron chi connectivity index (χ1n) is 13.8. The van der Waals surface area contributed by atoms with Gasteiger partial charge in [0.05, 0.1) is 5.71 Å². The minimum absolute atomic E-state index is 0.0100. The molecule has 0 aliphatic heterocycles. The van der Waals surface area contributed by atoms with Crippen LogP contribution in [0, 0.1) is 29.6 Å². The van der Waals surface area contributed by atoms with Crippen molar-refractivity contribution in [3.63, 3.8) is 0 Å². The Labute approximate surface area is 222 Å². The van der Waals surface area contributed by atoms with Crippen LogP contribution in [0.15, 0.2) is 52.2 Å².